The molecule has 0 aliphatic carbocycles. The highest BCUT2D eigenvalue weighted by atomic mass is 32.1. The molecule has 0 aromatic carbocycles. The second-order valence-electron chi connectivity index (χ2n) is 3.84. The SMILES string of the molecule is CCC1NC(C)CC1c1cscn1. The maximum Gasteiger partial charge on any atom is 0.0794 e. The minimum atomic E-state index is 0.636. The molecule has 72 valence electrons. The molecule has 1 aliphatic rings. The lowest BCUT2D eigenvalue weighted by Crippen LogP contribution is -2.28. The minimum absolute atomic E-state index is 0.636. The van der Waals surface area contributed by atoms with Crippen molar-refractivity contribution < 1.29 is 0 Å². The van der Waals surface area contributed by atoms with Gasteiger partial charge in [0.1, 0.15) is 0 Å². The van der Waals surface area contributed by atoms with Gasteiger partial charge < -0.3 is 5.32 Å². The topological polar surface area (TPSA) is 24.9 Å². The van der Waals surface area contributed by atoms with E-state index in [2.05, 4.69) is 29.5 Å². The van der Waals surface area contributed by atoms with Gasteiger partial charge in [0.2, 0.25) is 0 Å². The second kappa shape index (κ2) is 3.76. The van der Waals surface area contributed by atoms with E-state index in [0.29, 0.717) is 18.0 Å². The predicted molar refractivity (Wildman–Crippen MR) is 56.1 cm³/mol. The van der Waals surface area contributed by atoms with Crippen molar-refractivity contribution >= 4 is 11.3 Å². The molecular formula is C10H16N2S. The van der Waals surface area contributed by atoms with Gasteiger partial charge in [-0.3, -0.25) is 0 Å². The molecule has 1 fully saturated rings. The molecule has 13 heavy (non-hydrogen) atoms. The first-order valence-corrected chi connectivity index (χ1v) is 5.89. The lowest BCUT2D eigenvalue weighted by atomic mass is 9.95. The number of hydrogen-bond acceptors (Lipinski definition) is 3. The van der Waals surface area contributed by atoms with Crippen molar-refractivity contribution in [3.8, 4) is 0 Å². The van der Waals surface area contributed by atoms with E-state index in [0.717, 1.165) is 0 Å². The Kier molecular flexibility index (Phi) is 2.65. The van der Waals surface area contributed by atoms with Crippen LogP contribution in [0.15, 0.2) is 10.9 Å². The molecule has 3 atom stereocenters. The van der Waals surface area contributed by atoms with E-state index in [9.17, 15) is 0 Å². The third-order valence-corrected chi connectivity index (χ3v) is 3.47. The highest BCUT2D eigenvalue weighted by molar-refractivity contribution is 7.07. The fourth-order valence-corrected chi connectivity index (χ4v) is 2.85. The van der Waals surface area contributed by atoms with Crippen LogP contribution in [-0.2, 0) is 0 Å². The molecule has 2 rings (SSSR count). The van der Waals surface area contributed by atoms with Crippen molar-refractivity contribution in [2.24, 2.45) is 0 Å². The third-order valence-electron chi connectivity index (χ3n) is 2.86. The Hall–Kier alpha value is -0.410. The molecule has 0 bridgehead atoms. The van der Waals surface area contributed by atoms with Crippen molar-refractivity contribution in [1.82, 2.24) is 10.3 Å². The van der Waals surface area contributed by atoms with Gasteiger partial charge in [-0.1, -0.05) is 6.92 Å². The van der Waals surface area contributed by atoms with E-state index in [1.165, 1.54) is 18.5 Å². The summed E-state index contributed by atoms with van der Waals surface area (Å²) in [5, 5.41) is 5.79. The number of nitrogens with zero attached hydrogens (tertiary/aromatic N) is 1. The Labute approximate surface area is 83.4 Å². The third kappa shape index (κ3) is 1.76. The first kappa shape index (κ1) is 9.16. The summed E-state index contributed by atoms with van der Waals surface area (Å²) in [6.45, 7) is 4.50. The number of thiazole rings is 1. The molecule has 3 unspecified atom stereocenters. The highest BCUT2D eigenvalue weighted by Gasteiger charge is 2.32. The van der Waals surface area contributed by atoms with Crippen LogP contribution in [0, 0.1) is 0 Å². The van der Waals surface area contributed by atoms with Gasteiger partial charge in [0, 0.05) is 23.4 Å². The van der Waals surface area contributed by atoms with Gasteiger partial charge >= 0.3 is 0 Å². The average molecular weight is 196 g/mol. The van der Waals surface area contributed by atoms with Crippen LogP contribution in [0.25, 0.3) is 0 Å². The fraction of sp³-hybridized carbons (Fsp3) is 0.700. The molecular weight excluding hydrogens is 180 g/mol. The molecule has 1 aromatic heterocycles. The lowest BCUT2D eigenvalue weighted by Gasteiger charge is -2.15. The Bertz CT molecular complexity index is 258. The predicted octanol–water partition coefficient (Wildman–Crippen LogP) is 2.39. The van der Waals surface area contributed by atoms with Crippen molar-refractivity contribution in [1.29, 1.82) is 0 Å². The van der Waals surface area contributed by atoms with Crippen molar-refractivity contribution in [2.45, 2.75) is 44.7 Å². The van der Waals surface area contributed by atoms with Gasteiger partial charge in [0.15, 0.2) is 0 Å². The molecule has 0 spiro atoms. The zero-order valence-electron chi connectivity index (χ0n) is 8.16. The van der Waals surface area contributed by atoms with E-state index in [-0.39, 0.29) is 0 Å². The summed E-state index contributed by atoms with van der Waals surface area (Å²) in [5.41, 5.74) is 3.22. The zero-order valence-corrected chi connectivity index (χ0v) is 8.97. The van der Waals surface area contributed by atoms with Gasteiger partial charge in [0.05, 0.1) is 11.2 Å². The second-order valence-corrected chi connectivity index (χ2v) is 4.56. The number of hydrogen-bond donors (Lipinski definition) is 1. The van der Waals surface area contributed by atoms with Crippen molar-refractivity contribution in [3.05, 3.63) is 16.6 Å². The normalized spacial score (nSPS) is 33.8. The molecule has 0 radical (unpaired) electrons. The quantitative estimate of drug-likeness (QED) is 0.785. The molecule has 2 nitrogen and oxygen atoms in total. The van der Waals surface area contributed by atoms with Gasteiger partial charge in [-0.15, -0.1) is 11.3 Å². The van der Waals surface area contributed by atoms with E-state index in [1.807, 2.05) is 5.51 Å². The first-order valence-electron chi connectivity index (χ1n) is 4.95. The van der Waals surface area contributed by atoms with Crippen LogP contribution in [0.2, 0.25) is 0 Å². The Balaban J connectivity index is 2.14. The molecule has 3 heteroatoms. The highest BCUT2D eigenvalue weighted by Crippen LogP contribution is 2.31. The van der Waals surface area contributed by atoms with Crippen LogP contribution < -0.4 is 5.32 Å². The molecule has 1 aromatic rings. The first-order chi connectivity index (χ1) is 6.31. The van der Waals surface area contributed by atoms with Crippen LogP contribution >= 0.6 is 11.3 Å². The van der Waals surface area contributed by atoms with Gasteiger partial charge in [-0.05, 0) is 19.8 Å². The molecule has 1 saturated heterocycles. The standard InChI is InChI=1S/C10H16N2S/c1-3-9-8(4-7(2)12-9)10-5-13-6-11-10/h5-9,12H,3-4H2,1-2H3. The molecule has 0 amide bonds. The molecule has 0 saturated carbocycles. The fourth-order valence-electron chi connectivity index (χ4n) is 2.23. The van der Waals surface area contributed by atoms with E-state index < -0.39 is 0 Å². The minimum Gasteiger partial charge on any atom is -0.311 e. The summed E-state index contributed by atoms with van der Waals surface area (Å²) < 4.78 is 0. The van der Waals surface area contributed by atoms with Crippen LogP contribution in [0.1, 0.15) is 38.3 Å². The monoisotopic (exact) mass is 196 g/mol. The van der Waals surface area contributed by atoms with Crippen LogP contribution in [-0.4, -0.2) is 17.1 Å². The van der Waals surface area contributed by atoms with Crippen LogP contribution in [0.3, 0.4) is 0 Å². The maximum absolute atomic E-state index is 4.41. The van der Waals surface area contributed by atoms with E-state index >= 15 is 0 Å². The zero-order chi connectivity index (χ0) is 9.26. The Morgan fingerprint density at radius 2 is 2.54 bits per heavy atom. The van der Waals surface area contributed by atoms with Crippen LogP contribution in [0.5, 0.6) is 0 Å². The number of aromatic nitrogens is 1. The largest absolute Gasteiger partial charge is 0.311 e. The number of rotatable bonds is 2. The Morgan fingerprint density at radius 3 is 3.15 bits per heavy atom. The number of nitrogens with one attached hydrogen (secondary N) is 1. The summed E-state index contributed by atoms with van der Waals surface area (Å²) in [6, 6.07) is 1.29. The lowest BCUT2D eigenvalue weighted by molar-refractivity contribution is 0.513. The average Bonchev–Trinajstić information content (AvgIpc) is 2.71. The van der Waals surface area contributed by atoms with Crippen LogP contribution in [0.4, 0.5) is 0 Å². The summed E-state index contributed by atoms with van der Waals surface area (Å²) in [4.78, 5) is 4.41. The van der Waals surface area contributed by atoms with E-state index in [1.54, 1.807) is 11.3 Å². The van der Waals surface area contributed by atoms with Gasteiger partial charge in [-0.2, -0.15) is 0 Å². The van der Waals surface area contributed by atoms with Gasteiger partial charge in [0.25, 0.3) is 0 Å². The Morgan fingerprint density at radius 1 is 1.69 bits per heavy atom. The van der Waals surface area contributed by atoms with Gasteiger partial charge in [-0.25, -0.2) is 4.98 Å². The molecule has 2 heterocycles. The summed E-state index contributed by atoms with van der Waals surface area (Å²) >= 11 is 1.70. The van der Waals surface area contributed by atoms with E-state index in [4.69, 9.17) is 0 Å². The van der Waals surface area contributed by atoms with Crippen molar-refractivity contribution in [3.63, 3.8) is 0 Å². The summed E-state index contributed by atoms with van der Waals surface area (Å²) in [6.07, 6.45) is 2.44. The smallest absolute Gasteiger partial charge is 0.0794 e. The van der Waals surface area contributed by atoms with Crippen molar-refractivity contribution in [2.75, 3.05) is 0 Å². The molecule has 1 N–H and O–H groups in total. The summed E-state index contributed by atoms with van der Waals surface area (Å²) in [7, 11) is 0. The molecule has 1 aliphatic heterocycles. The maximum atomic E-state index is 4.41. The summed E-state index contributed by atoms with van der Waals surface area (Å²) in [5.74, 6) is 0.645.